The average Bonchev–Trinajstić information content (AvgIpc) is 2.41. The van der Waals surface area contributed by atoms with Crippen molar-refractivity contribution < 1.29 is 9.53 Å². The average molecular weight is 183 g/mol. The van der Waals surface area contributed by atoms with Crippen molar-refractivity contribution in [1.82, 2.24) is 4.90 Å². The second-order valence-corrected chi connectivity index (χ2v) is 4.17. The van der Waals surface area contributed by atoms with Crippen molar-refractivity contribution >= 4 is 5.97 Å². The first kappa shape index (κ1) is 9.00. The molecule has 0 aromatic carbocycles. The standard InChI is InChI=1S/C10H17NO2/c1-11-7-3-5-8(10(12)13-2)9(11)6-4-7/h7-9H,3-6H2,1-2H3/t7-,8+,9-/m1/s1. The number of hydrogen-bond donors (Lipinski definition) is 0. The number of carbonyl (C=O) groups is 1. The SMILES string of the molecule is COC(=O)[C@H]1CC[C@@H]2CC[C@H]1N2C. The minimum Gasteiger partial charge on any atom is -0.469 e. The molecule has 2 rings (SSSR count). The van der Waals surface area contributed by atoms with Gasteiger partial charge < -0.3 is 4.74 Å². The Kier molecular flexibility index (Phi) is 2.28. The van der Waals surface area contributed by atoms with Crippen molar-refractivity contribution in [2.75, 3.05) is 14.2 Å². The van der Waals surface area contributed by atoms with Crippen LogP contribution in [0.5, 0.6) is 0 Å². The molecule has 0 unspecified atom stereocenters. The third-order valence-corrected chi connectivity index (χ3v) is 3.67. The van der Waals surface area contributed by atoms with Crippen molar-refractivity contribution in [2.24, 2.45) is 5.92 Å². The molecule has 2 aliphatic heterocycles. The third-order valence-electron chi connectivity index (χ3n) is 3.67. The van der Waals surface area contributed by atoms with Gasteiger partial charge >= 0.3 is 5.97 Å². The lowest BCUT2D eigenvalue weighted by Gasteiger charge is -2.35. The Labute approximate surface area is 79.0 Å². The number of fused-ring (bicyclic) bond motifs is 2. The number of rotatable bonds is 1. The molecule has 2 bridgehead atoms. The van der Waals surface area contributed by atoms with Crippen molar-refractivity contribution in [3.63, 3.8) is 0 Å². The molecule has 2 fully saturated rings. The van der Waals surface area contributed by atoms with Gasteiger partial charge in [0.15, 0.2) is 0 Å². The Morgan fingerprint density at radius 3 is 2.69 bits per heavy atom. The lowest BCUT2D eigenvalue weighted by molar-refractivity contribution is -0.149. The molecule has 2 saturated heterocycles. The normalized spacial score (nSPS) is 39.1. The summed E-state index contributed by atoms with van der Waals surface area (Å²) in [5, 5.41) is 0. The molecule has 74 valence electrons. The predicted octanol–water partition coefficient (Wildman–Crippen LogP) is 1.03. The molecule has 0 aromatic rings. The molecule has 3 heteroatoms. The molecule has 13 heavy (non-hydrogen) atoms. The summed E-state index contributed by atoms with van der Waals surface area (Å²) in [4.78, 5) is 13.8. The van der Waals surface area contributed by atoms with Crippen LogP contribution < -0.4 is 0 Å². The number of carbonyl (C=O) groups excluding carboxylic acids is 1. The monoisotopic (exact) mass is 183 g/mol. The Bertz CT molecular complexity index is 217. The zero-order chi connectivity index (χ0) is 9.42. The van der Waals surface area contributed by atoms with Crippen LogP contribution in [0.4, 0.5) is 0 Å². The third kappa shape index (κ3) is 1.35. The van der Waals surface area contributed by atoms with Crippen LogP contribution in [0.25, 0.3) is 0 Å². The number of piperidine rings is 1. The highest BCUT2D eigenvalue weighted by atomic mass is 16.5. The van der Waals surface area contributed by atoms with E-state index in [1.807, 2.05) is 0 Å². The number of esters is 1. The fourth-order valence-electron chi connectivity index (χ4n) is 2.86. The summed E-state index contributed by atoms with van der Waals surface area (Å²) in [7, 11) is 3.63. The van der Waals surface area contributed by atoms with E-state index in [1.165, 1.54) is 20.0 Å². The summed E-state index contributed by atoms with van der Waals surface area (Å²) < 4.78 is 4.82. The molecular formula is C10H17NO2. The Balaban J connectivity index is 2.10. The molecule has 0 spiro atoms. The fraction of sp³-hybridized carbons (Fsp3) is 0.900. The van der Waals surface area contributed by atoms with Crippen molar-refractivity contribution in [3.05, 3.63) is 0 Å². The largest absolute Gasteiger partial charge is 0.469 e. The van der Waals surface area contributed by atoms with E-state index in [0.717, 1.165) is 18.9 Å². The molecule has 0 radical (unpaired) electrons. The molecule has 2 heterocycles. The Hall–Kier alpha value is -0.570. The zero-order valence-electron chi connectivity index (χ0n) is 8.32. The molecular weight excluding hydrogens is 166 g/mol. The minimum atomic E-state index is -0.0165. The highest BCUT2D eigenvalue weighted by Gasteiger charge is 2.43. The molecule has 2 aliphatic rings. The molecule has 3 atom stereocenters. The van der Waals surface area contributed by atoms with Gasteiger partial charge in [0.25, 0.3) is 0 Å². The maximum absolute atomic E-state index is 11.5. The molecule has 3 nitrogen and oxygen atoms in total. The van der Waals surface area contributed by atoms with Crippen LogP contribution in [0.2, 0.25) is 0 Å². The second-order valence-electron chi connectivity index (χ2n) is 4.17. The molecule has 0 aromatic heterocycles. The molecule has 0 aliphatic carbocycles. The molecule has 0 amide bonds. The van der Waals surface area contributed by atoms with E-state index in [4.69, 9.17) is 4.74 Å². The van der Waals surface area contributed by atoms with Gasteiger partial charge in [0, 0.05) is 12.1 Å². The number of ether oxygens (including phenoxy) is 1. The summed E-state index contributed by atoms with van der Waals surface area (Å²) in [6.45, 7) is 0. The Morgan fingerprint density at radius 2 is 2.00 bits per heavy atom. The van der Waals surface area contributed by atoms with Gasteiger partial charge in [0.05, 0.1) is 13.0 Å². The van der Waals surface area contributed by atoms with E-state index < -0.39 is 0 Å². The summed E-state index contributed by atoms with van der Waals surface area (Å²) >= 11 is 0. The van der Waals surface area contributed by atoms with E-state index >= 15 is 0 Å². The predicted molar refractivity (Wildman–Crippen MR) is 49.3 cm³/mol. The van der Waals surface area contributed by atoms with Gasteiger partial charge in [-0.1, -0.05) is 0 Å². The van der Waals surface area contributed by atoms with Crippen LogP contribution in [0.3, 0.4) is 0 Å². The molecule has 0 saturated carbocycles. The summed E-state index contributed by atoms with van der Waals surface area (Å²) in [6.07, 6.45) is 4.61. The fourth-order valence-corrected chi connectivity index (χ4v) is 2.86. The van der Waals surface area contributed by atoms with Gasteiger partial charge in [0.2, 0.25) is 0 Å². The van der Waals surface area contributed by atoms with E-state index in [9.17, 15) is 4.79 Å². The highest BCUT2D eigenvalue weighted by Crippen LogP contribution is 2.38. The van der Waals surface area contributed by atoms with Crippen LogP contribution in [0.1, 0.15) is 25.7 Å². The van der Waals surface area contributed by atoms with Crippen molar-refractivity contribution in [1.29, 1.82) is 0 Å². The van der Waals surface area contributed by atoms with Gasteiger partial charge in [-0.2, -0.15) is 0 Å². The van der Waals surface area contributed by atoms with Crippen LogP contribution >= 0.6 is 0 Å². The quantitative estimate of drug-likeness (QED) is 0.569. The minimum absolute atomic E-state index is 0.0165. The topological polar surface area (TPSA) is 29.5 Å². The van der Waals surface area contributed by atoms with E-state index in [0.29, 0.717) is 6.04 Å². The van der Waals surface area contributed by atoms with Gasteiger partial charge in [0.1, 0.15) is 0 Å². The van der Waals surface area contributed by atoms with Crippen molar-refractivity contribution in [3.8, 4) is 0 Å². The van der Waals surface area contributed by atoms with Gasteiger partial charge in [-0.15, -0.1) is 0 Å². The zero-order valence-corrected chi connectivity index (χ0v) is 8.32. The summed E-state index contributed by atoms with van der Waals surface area (Å²) in [6, 6.07) is 1.18. The smallest absolute Gasteiger partial charge is 0.310 e. The Morgan fingerprint density at radius 1 is 1.31 bits per heavy atom. The van der Waals surface area contributed by atoms with E-state index in [2.05, 4.69) is 11.9 Å². The first-order valence-electron chi connectivity index (χ1n) is 5.04. The maximum Gasteiger partial charge on any atom is 0.310 e. The molecule has 0 N–H and O–H groups in total. The van der Waals surface area contributed by atoms with Crippen LogP contribution in [0, 0.1) is 5.92 Å². The van der Waals surface area contributed by atoms with Crippen LogP contribution in [-0.4, -0.2) is 37.1 Å². The first-order valence-corrected chi connectivity index (χ1v) is 5.04. The van der Waals surface area contributed by atoms with Gasteiger partial charge in [-0.05, 0) is 32.7 Å². The second kappa shape index (κ2) is 3.29. The lowest BCUT2D eigenvalue weighted by atomic mass is 9.91. The van der Waals surface area contributed by atoms with Crippen LogP contribution in [-0.2, 0) is 9.53 Å². The summed E-state index contributed by atoms with van der Waals surface area (Å²) in [5.41, 5.74) is 0. The van der Waals surface area contributed by atoms with Crippen LogP contribution in [0.15, 0.2) is 0 Å². The number of methoxy groups -OCH3 is 1. The maximum atomic E-state index is 11.5. The number of nitrogens with zero attached hydrogens (tertiary/aromatic N) is 1. The van der Waals surface area contributed by atoms with Gasteiger partial charge in [-0.25, -0.2) is 0 Å². The highest BCUT2D eigenvalue weighted by molar-refractivity contribution is 5.73. The first-order chi connectivity index (χ1) is 6.24. The van der Waals surface area contributed by atoms with Crippen molar-refractivity contribution in [2.45, 2.75) is 37.8 Å². The van der Waals surface area contributed by atoms with Gasteiger partial charge in [-0.3, -0.25) is 9.69 Å². The summed E-state index contributed by atoms with van der Waals surface area (Å²) in [5.74, 6) is 0.117. The number of hydrogen-bond acceptors (Lipinski definition) is 3. The van der Waals surface area contributed by atoms with E-state index in [-0.39, 0.29) is 11.9 Å². The lowest BCUT2D eigenvalue weighted by Crippen LogP contribution is -2.45. The van der Waals surface area contributed by atoms with E-state index in [1.54, 1.807) is 0 Å².